The molecule has 0 fully saturated rings. The van der Waals surface area contributed by atoms with Crippen LogP contribution in [-0.2, 0) is 16.6 Å². The molecule has 2 aromatic rings. The van der Waals surface area contributed by atoms with Crippen LogP contribution in [0.1, 0.15) is 15.9 Å². The Balaban J connectivity index is 2.21. The van der Waals surface area contributed by atoms with Crippen molar-refractivity contribution in [1.82, 2.24) is 0 Å². The molecule has 0 radical (unpaired) electrons. The molecule has 0 spiro atoms. The fraction of sp³-hybridized carbons (Fsp3) is 0.0714. The summed E-state index contributed by atoms with van der Waals surface area (Å²) >= 11 is 3.07. The lowest BCUT2D eigenvalue weighted by molar-refractivity contribution is 0.0696. The van der Waals surface area contributed by atoms with E-state index >= 15 is 0 Å². The molecule has 1 N–H and O–H groups in total. The zero-order valence-electron chi connectivity index (χ0n) is 10.2. The second-order valence-corrected chi connectivity index (χ2v) is 6.38. The molecule has 0 aliphatic rings. The molecule has 104 valence electrons. The predicted octanol–water partition coefficient (Wildman–Crippen LogP) is 3.59. The summed E-state index contributed by atoms with van der Waals surface area (Å²) in [7, 11) is -1.38. The number of benzene rings is 2. The van der Waals surface area contributed by atoms with E-state index in [0.717, 1.165) is 0 Å². The van der Waals surface area contributed by atoms with Gasteiger partial charge >= 0.3 is 5.97 Å². The fourth-order valence-electron chi connectivity index (χ4n) is 1.63. The van der Waals surface area contributed by atoms with Crippen molar-refractivity contribution in [3.05, 3.63) is 63.9 Å². The SMILES string of the molecule is O=C(O)c1cccc(S(=O)Cc2ccc(F)c(Br)c2)c1. The smallest absolute Gasteiger partial charge is 0.335 e. The lowest BCUT2D eigenvalue weighted by Crippen LogP contribution is -2.01. The first-order valence-corrected chi connectivity index (χ1v) is 7.74. The minimum Gasteiger partial charge on any atom is -0.478 e. The lowest BCUT2D eigenvalue weighted by Gasteiger charge is -2.05. The number of carbonyl (C=O) groups is 1. The van der Waals surface area contributed by atoms with Crippen LogP contribution < -0.4 is 0 Å². The van der Waals surface area contributed by atoms with Gasteiger partial charge in [0, 0.05) is 4.90 Å². The number of rotatable bonds is 4. The minimum atomic E-state index is -1.38. The highest BCUT2D eigenvalue weighted by Gasteiger charge is 2.10. The summed E-state index contributed by atoms with van der Waals surface area (Å²) in [6.07, 6.45) is 0. The van der Waals surface area contributed by atoms with Gasteiger partial charge in [-0.3, -0.25) is 4.21 Å². The van der Waals surface area contributed by atoms with Gasteiger partial charge in [-0.1, -0.05) is 12.1 Å². The van der Waals surface area contributed by atoms with Gasteiger partial charge in [0.2, 0.25) is 0 Å². The van der Waals surface area contributed by atoms with Gasteiger partial charge in [0.1, 0.15) is 5.82 Å². The van der Waals surface area contributed by atoms with Crippen molar-refractivity contribution in [2.24, 2.45) is 0 Å². The van der Waals surface area contributed by atoms with Gasteiger partial charge in [-0.05, 0) is 51.8 Å². The molecule has 0 aliphatic carbocycles. The maximum Gasteiger partial charge on any atom is 0.335 e. The largest absolute Gasteiger partial charge is 0.478 e. The Morgan fingerprint density at radius 2 is 2.00 bits per heavy atom. The van der Waals surface area contributed by atoms with Crippen LogP contribution in [0.3, 0.4) is 0 Å². The average molecular weight is 357 g/mol. The third kappa shape index (κ3) is 3.52. The highest BCUT2D eigenvalue weighted by Crippen LogP contribution is 2.20. The van der Waals surface area contributed by atoms with E-state index in [1.54, 1.807) is 24.3 Å². The molecule has 6 heteroatoms. The van der Waals surface area contributed by atoms with Crippen molar-refractivity contribution in [3.63, 3.8) is 0 Å². The van der Waals surface area contributed by atoms with Crippen LogP contribution >= 0.6 is 15.9 Å². The van der Waals surface area contributed by atoms with Crippen LogP contribution in [0.5, 0.6) is 0 Å². The molecule has 0 saturated heterocycles. The van der Waals surface area contributed by atoms with Crippen LogP contribution in [0.4, 0.5) is 4.39 Å². The quantitative estimate of drug-likeness (QED) is 0.910. The molecule has 0 heterocycles. The number of aromatic carboxylic acids is 1. The Hall–Kier alpha value is -1.53. The van der Waals surface area contributed by atoms with E-state index in [0.29, 0.717) is 14.9 Å². The molecule has 2 rings (SSSR count). The van der Waals surface area contributed by atoms with Crippen molar-refractivity contribution in [2.75, 3.05) is 0 Å². The van der Waals surface area contributed by atoms with Gasteiger partial charge in [0.15, 0.2) is 0 Å². The number of hydrogen-bond donors (Lipinski definition) is 1. The van der Waals surface area contributed by atoms with E-state index < -0.39 is 16.8 Å². The predicted molar refractivity (Wildman–Crippen MR) is 77.6 cm³/mol. The van der Waals surface area contributed by atoms with Crippen molar-refractivity contribution in [2.45, 2.75) is 10.6 Å². The number of carboxylic acids is 1. The van der Waals surface area contributed by atoms with E-state index in [-0.39, 0.29) is 17.1 Å². The summed E-state index contributed by atoms with van der Waals surface area (Å²) in [5.74, 6) is -1.25. The van der Waals surface area contributed by atoms with Gasteiger partial charge in [-0.15, -0.1) is 0 Å². The summed E-state index contributed by atoms with van der Waals surface area (Å²) < 4.78 is 25.6. The van der Waals surface area contributed by atoms with E-state index in [1.165, 1.54) is 18.2 Å². The van der Waals surface area contributed by atoms with Crippen LogP contribution in [0.15, 0.2) is 51.8 Å². The Morgan fingerprint density at radius 1 is 1.25 bits per heavy atom. The molecule has 1 atom stereocenters. The van der Waals surface area contributed by atoms with Crippen molar-refractivity contribution in [3.8, 4) is 0 Å². The van der Waals surface area contributed by atoms with Crippen molar-refractivity contribution in [1.29, 1.82) is 0 Å². The van der Waals surface area contributed by atoms with E-state index in [2.05, 4.69) is 15.9 Å². The molecule has 0 saturated carbocycles. The maximum absolute atomic E-state index is 13.1. The zero-order chi connectivity index (χ0) is 14.7. The van der Waals surface area contributed by atoms with E-state index in [1.807, 2.05) is 0 Å². The Labute approximate surface area is 126 Å². The summed E-state index contributed by atoms with van der Waals surface area (Å²) in [6, 6.07) is 10.4. The van der Waals surface area contributed by atoms with Gasteiger partial charge in [-0.25, -0.2) is 9.18 Å². The number of carboxylic acid groups (broad SMARTS) is 1. The number of halogens is 2. The Morgan fingerprint density at radius 3 is 2.65 bits per heavy atom. The van der Waals surface area contributed by atoms with Gasteiger partial charge in [0.05, 0.1) is 26.6 Å². The highest BCUT2D eigenvalue weighted by atomic mass is 79.9. The monoisotopic (exact) mass is 356 g/mol. The summed E-state index contributed by atoms with van der Waals surface area (Å²) in [6.45, 7) is 0. The van der Waals surface area contributed by atoms with Crippen LogP contribution in [0.25, 0.3) is 0 Å². The molecular formula is C14H10BrFO3S. The third-order valence-electron chi connectivity index (χ3n) is 2.63. The highest BCUT2D eigenvalue weighted by molar-refractivity contribution is 9.10. The Kier molecular flexibility index (Phi) is 4.67. The fourth-order valence-corrected chi connectivity index (χ4v) is 3.20. The number of hydrogen-bond acceptors (Lipinski definition) is 2. The van der Waals surface area contributed by atoms with Crippen LogP contribution in [0.2, 0.25) is 0 Å². The second-order valence-electron chi connectivity index (χ2n) is 4.07. The standard InChI is InChI=1S/C14H10BrFO3S/c15-12-6-9(4-5-13(12)16)8-20(19)11-3-1-2-10(7-11)14(17)18/h1-7H,8H2,(H,17,18). The molecule has 3 nitrogen and oxygen atoms in total. The molecule has 0 aromatic heterocycles. The first-order chi connectivity index (χ1) is 9.47. The summed E-state index contributed by atoms with van der Waals surface area (Å²) in [4.78, 5) is 11.3. The van der Waals surface area contributed by atoms with E-state index in [9.17, 15) is 13.4 Å². The normalized spacial score (nSPS) is 12.1. The molecule has 1 unspecified atom stereocenters. The van der Waals surface area contributed by atoms with Crippen LogP contribution in [-0.4, -0.2) is 15.3 Å². The van der Waals surface area contributed by atoms with Gasteiger partial charge < -0.3 is 5.11 Å². The summed E-state index contributed by atoms with van der Waals surface area (Å²) in [5, 5.41) is 8.90. The van der Waals surface area contributed by atoms with Crippen molar-refractivity contribution < 1.29 is 18.5 Å². The first-order valence-electron chi connectivity index (χ1n) is 5.63. The average Bonchev–Trinajstić information content (AvgIpc) is 2.43. The first kappa shape index (κ1) is 14.9. The zero-order valence-corrected chi connectivity index (χ0v) is 12.6. The molecular weight excluding hydrogens is 347 g/mol. The van der Waals surface area contributed by atoms with Crippen LogP contribution in [0, 0.1) is 5.82 Å². The minimum absolute atomic E-state index is 0.0936. The molecule has 0 bridgehead atoms. The maximum atomic E-state index is 13.1. The second kappa shape index (κ2) is 6.28. The molecule has 0 amide bonds. The molecule has 20 heavy (non-hydrogen) atoms. The van der Waals surface area contributed by atoms with E-state index in [4.69, 9.17) is 5.11 Å². The lowest BCUT2D eigenvalue weighted by atomic mass is 10.2. The van der Waals surface area contributed by atoms with Gasteiger partial charge in [0.25, 0.3) is 0 Å². The molecule has 0 aliphatic heterocycles. The van der Waals surface area contributed by atoms with Crippen molar-refractivity contribution >= 4 is 32.7 Å². The van der Waals surface area contributed by atoms with Gasteiger partial charge in [-0.2, -0.15) is 0 Å². The summed E-state index contributed by atoms with van der Waals surface area (Å²) in [5.41, 5.74) is 0.800. The molecule has 2 aromatic carbocycles. The Bertz CT molecular complexity index is 688. The topological polar surface area (TPSA) is 54.4 Å². The third-order valence-corrected chi connectivity index (χ3v) is 4.61.